The van der Waals surface area contributed by atoms with Gasteiger partial charge in [-0.2, -0.15) is 0 Å². The second kappa shape index (κ2) is 10.4. The lowest BCUT2D eigenvalue weighted by atomic mass is 10.2. The molecule has 4 aromatic rings. The molecule has 3 N–H and O–H groups in total. The number of hydrogen-bond acceptors (Lipinski definition) is 4. The summed E-state index contributed by atoms with van der Waals surface area (Å²) < 4.78 is 7.21. The van der Waals surface area contributed by atoms with Crippen molar-refractivity contribution < 1.29 is 19.1 Å². The van der Waals surface area contributed by atoms with Crippen LogP contribution >= 0.6 is 39.1 Å². The number of nitrogens with one attached hydrogen (secondary N) is 3. The maximum atomic E-state index is 13.1. The molecule has 0 aliphatic carbocycles. The molecule has 0 atom stereocenters. The molecule has 0 aliphatic heterocycles. The van der Waals surface area contributed by atoms with Crippen LogP contribution in [-0.4, -0.2) is 29.5 Å². The second-order valence-corrected chi connectivity index (χ2v) is 9.06. The van der Waals surface area contributed by atoms with Gasteiger partial charge in [-0.05, 0) is 54.6 Å². The molecule has 0 saturated heterocycles. The molecule has 0 saturated carbocycles. The molecular formula is C24H17BrCl2N4O4. The number of rotatable bonds is 5. The Morgan fingerprint density at radius 2 is 1.60 bits per heavy atom. The van der Waals surface area contributed by atoms with Crippen LogP contribution in [0.5, 0.6) is 5.75 Å². The fourth-order valence-electron chi connectivity index (χ4n) is 3.37. The number of halogens is 3. The molecule has 0 radical (unpaired) electrons. The molecule has 11 heteroatoms. The Balaban J connectivity index is 1.64. The molecule has 3 aromatic carbocycles. The summed E-state index contributed by atoms with van der Waals surface area (Å²) in [5.41, 5.74) is 3.77. The zero-order chi connectivity index (χ0) is 25.1. The Morgan fingerprint density at radius 3 is 2.31 bits per heavy atom. The van der Waals surface area contributed by atoms with E-state index in [9.17, 15) is 14.4 Å². The van der Waals surface area contributed by atoms with E-state index < -0.39 is 17.7 Å². The van der Waals surface area contributed by atoms with Crippen LogP contribution in [0.25, 0.3) is 10.9 Å². The van der Waals surface area contributed by atoms with Crippen molar-refractivity contribution in [3.8, 4) is 5.75 Å². The minimum atomic E-state index is -0.990. The van der Waals surface area contributed by atoms with E-state index in [0.29, 0.717) is 38.1 Å². The van der Waals surface area contributed by atoms with E-state index in [1.165, 1.54) is 30.0 Å². The first-order valence-corrected chi connectivity index (χ1v) is 11.6. The molecule has 3 amide bonds. The Hall–Kier alpha value is -3.53. The lowest BCUT2D eigenvalue weighted by molar-refractivity contribution is -0.133. The molecule has 0 spiro atoms. The molecule has 35 heavy (non-hydrogen) atoms. The summed E-state index contributed by atoms with van der Waals surface area (Å²) in [4.78, 5) is 38.5. The summed E-state index contributed by atoms with van der Waals surface area (Å²) in [6.07, 6.45) is 0. The van der Waals surface area contributed by atoms with Crippen molar-refractivity contribution in [3.63, 3.8) is 0 Å². The van der Waals surface area contributed by atoms with Gasteiger partial charge < -0.3 is 15.4 Å². The third-order valence-electron chi connectivity index (χ3n) is 4.89. The third-order valence-corrected chi connectivity index (χ3v) is 5.82. The molecule has 0 bridgehead atoms. The van der Waals surface area contributed by atoms with Crippen LogP contribution in [0.15, 0.2) is 71.2 Å². The van der Waals surface area contributed by atoms with Gasteiger partial charge in [0.1, 0.15) is 11.4 Å². The average molecular weight is 576 g/mol. The van der Waals surface area contributed by atoms with E-state index >= 15 is 0 Å². The van der Waals surface area contributed by atoms with E-state index in [1.54, 1.807) is 48.5 Å². The van der Waals surface area contributed by atoms with E-state index in [0.717, 1.165) is 4.47 Å². The number of carbonyl (C=O) groups excluding carboxylic acids is 3. The minimum absolute atomic E-state index is 0.0765. The Bertz CT molecular complexity index is 1450. The summed E-state index contributed by atoms with van der Waals surface area (Å²) in [7, 11) is 1.45. The van der Waals surface area contributed by atoms with Gasteiger partial charge in [0.2, 0.25) is 0 Å². The first-order chi connectivity index (χ1) is 16.7. The Morgan fingerprint density at radius 1 is 0.886 bits per heavy atom. The summed E-state index contributed by atoms with van der Waals surface area (Å²) in [6, 6.07) is 18.1. The SMILES string of the molecule is COc1ccccc1NC(=O)C(=O)Nn1c(C(=O)Nc2cc(Cl)cc(Cl)c2)cc2cc(Br)ccc21. The fraction of sp³-hybridized carbons (Fsp3) is 0.0417. The number of fused-ring (bicyclic) bond motifs is 1. The van der Waals surface area contributed by atoms with E-state index in [-0.39, 0.29) is 5.69 Å². The second-order valence-electron chi connectivity index (χ2n) is 7.28. The Labute approximate surface area is 218 Å². The summed E-state index contributed by atoms with van der Waals surface area (Å²) >= 11 is 15.5. The van der Waals surface area contributed by atoms with Crippen molar-refractivity contribution in [2.45, 2.75) is 0 Å². The molecule has 8 nitrogen and oxygen atoms in total. The molecule has 1 heterocycles. The van der Waals surface area contributed by atoms with Crippen molar-refractivity contribution in [1.29, 1.82) is 0 Å². The van der Waals surface area contributed by atoms with Gasteiger partial charge in [-0.25, -0.2) is 4.68 Å². The number of ether oxygens (including phenoxy) is 1. The van der Waals surface area contributed by atoms with Crippen molar-refractivity contribution in [2.24, 2.45) is 0 Å². The topological polar surface area (TPSA) is 101 Å². The van der Waals surface area contributed by atoms with Gasteiger partial charge >= 0.3 is 11.8 Å². The number of nitrogens with zero attached hydrogens (tertiary/aromatic N) is 1. The number of aromatic nitrogens is 1. The summed E-state index contributed by atoms with van der Waals surface area (Å²) in [5, 5.41) is 6.55. The van der Waals surface area contributed by atoms with Crippen LogP contribution in [0.1, 0.15) is 10.5 Å². The highest BCUT2D eigenvalue weighted by atomic mass is 79.9. The van der Waals surface area contributed by atoms with Gasteiger partial charge in [0.25, 0.3) is 5.91 Å². The number of amides is 3. The number of para-hydroxylation sites is 2. The van der Waals surface area contributed by atoms with Crippen LogP contribution < -0.4 is 20.8 Å². The monoisotopic (exact) mass is 574 g/mol. The van der Waals surface area contributed by atoms with Crippen molar-refractivity contribution >= 4 is 79.1 Å². The lowest BCUT2D eigenvalue weighted by Gasteiger charge is -2.14. The lowest BCUT2D eigenvalue weighted by Crippen LogP contribution is -2.36. The van der Waals surface area contributed by atoms with Gasteiger partial charge in [-0.1, -0.05) is 51.3 Å². The highest BCUT2D eigenvalue weighted by Gasteiger charge is 2.22. The predicted octanol–water partition coefficient (Wildman–Crippen LogP) is 5.68. The molecular weight excluding hydrogens is 559 g/mol. The highest BCUT2D eigenvalue weighted by molar-refractivity contribution is 9.10. The maximum Gasteiger partial charge on any atom is 0.328 e. The number of carbonyl (C=O) groups is 3. The van der Waals surface area contributed by atoms with E-state index in [2.05, 4.69) is 32.0 Å². The van der Waals surface area contributed by atoms with Gasteiger partial charge in [0.15, 0.2) is 0 Å². The normalized spacial score (nSPS) is 10.6. The molecule has 0 aliphatic rings. The molecule has 0 fully saturated rings. The Kier molecular flexibility index (Phi) is 7.30. The van der Waals surface area contributed by atoms with E-state index in [4.69, 9.17) is 27.9 Å². The van der Waals surface area contributed by atoms with E-state index in [1.807, 2.05) is 0 Å². The van der Waals surface area contributed by atoms with Crippen molar-refractivity contribution in [1.82, 2.24) is 4.68 Å². The minimum Gasteiger partial charge on any atom is -0.495 e. The van der Waals surface area contributed by atoms with Crippen LogP contribution in [0.2, 0.25) is 10.0 Å². The summed E-state index contributed by atoms with van der Waals surface area (Å²) in [5.74, 6) is -2.09. The molecule has 178 valence electrons. The third kappa shape index (κ3) is 5.59. The van der Waals surface area contributed by atoms with Gasteiger partial charge in [0, 0.05) is 25.6 Å². The standard InChI is InChI=1S/C24H17BrCl2N4O4/c1-35-21-5-3-2-4-18(21)29-23(33)24(34)30-31-19-7-6-14(25)8-13(19)9-20(31)22(32)28-17-11-15(26)10-16(27)12-17/h2-12H,1H3,(H,28,32)(H,29,33)(H,30,34). The van der Waals surface area contributed by atoms with Gasteiger partial charge in [-0.3, -0.25) is 19.8 Å². The zero-order valence-corrected chi connectivity index (χ0v) is 21.2. The smallest absolute Gasteiger partial charge is 0.328 e. The molecule has 4 rings (SSSR count). The zero-order valence-electron chi connectivity index (χ0n) is 18.1. The summed E-state index contributed by atoms with van der Waals surface area (Å²) in [6.45, 7) is 0. The quantitative estimate of drug-likeness (QED) is 0.266. The van der Waals surface area contributed by atoms with Crippen LogP contribution in [-0.2, 0) is 9.59 Å². The average Bonchev–Trinajstić information content (AvgIpc) is 3.16. The van der Waals surface area contributed by atoms with Crippen LogP contribution in [0.4, 0.5) is 11.4 Å². The number of anilines is 2. The number of methoxy groups -OCH3 is 1. The largest absolute Gasteiger partial charge is 0.495 e. The molecule has 0 unspecified atom stereocenters. The number of hydrogen-bond donors (Lipinski definition) is 3. The first kappa shape index (κ1) is 24.6. The van der Waals surface area contributed by atoms with Crippen LogP contribution in [0, 0.1) is 0 Å². The van der Waals surface area contributed by atoms with Gasteiger partial charge in [0.05, 0.1) is 18.3 Å². The highest BCUT2D eigenvalue weighted by Crippen LogP contribution is 2.26. The van der Waals surface area contributed by atoms with Crippen molar-refractivity contribution in [2.75, 3.05) is 23.2 Å². The first-order valence-electron chi connectivity index (χ1n) is 10.1. The number of benzene rings is 3. The van der Waals surface area contributed by atoms with Gasteiger partial charge in [-0.15, -0.1) is 0 Å². The maximum absolute atomic E-state index is 13.1. The van der Waals surface area contributed by atoms with Crippen LogP contribution in [0.3, 0.4) is 0 Å². The molecule has 1 aromatic heterocycles. The fourth-order valence-corrected chi connectivity index (χ4v) is 4.28. The predicted molar refractivity (Wildman–Crippen MR) is 140 cm³/mol. The van der Waals surface area contributed by atoms with Crippen molar-refractivity contribution in [3.05, 3.63) is 86.9 Å².